The SMILES string of the molecule is CCOc1ccccc1C(=O)NC(C)(CCl)CCl. The standard InChI is InChI=1S/C13H17Cl2NO2/c1-3-18-11-7-5-4-6-10(11)12(17)16-13(2,8-14)9-15/h4-7H,3,8-9H2,1-2H3,(H,16,17). The molecule has 0 aliphatic carbocycles. The van der Waals surface area contributed by atoms with Gasteiger partial charge in [0, 0.05) is 11.8 Å². The van der Waals surface area contributed by atoms with E-state index < -0.39 is 5.54 Å². The summed E-state index contributed by atoms with van der Waals surface area (Å²) in [6.45, 7) is 4.18. The van der Waals surface area contributed by atoms with Gasteiger partial charge in [0.25, 0.3) is 5.91 Å². The molecule has 1 N–H and O–H groups in total. The van der Waals surface area contributed by atoms with Crippen LogP contribution in [0.5, 0.6) is 5.75 Å². The zero-order chi connectivity index (χ0) is 13.6. The minimum absolute atomic E-state index is 0.233. The summed E-state index contributed by atoms with van der Waals surface area (Å²) in [5.74, 6) is 0.824. The molecular weight excluding hydrogens is 273 g/mol. The maximum atomic E-state index is 12.2. The number of nitrogens with one attached hydrogen (secondary N) is 1. The third-order valence-corrected chi connectivity index (χ3v) is 3.62. The Kier molecular flexibility index (Phi) is 5.76. The van der Waals surface area contributed by atoms with Crippen molar-refractivity contribution in [2.45, 2.75) is 19.4 Å². The van der Waals surface area contributed by atoms with Crippen molar-refractivity contribution in [3.8, 4) is 5.75 Å². The first-order valence-corrected chi connectivity index (χ1v) is 6.79. The van der Waals surface area contributed by atoms with Gasteiger partial charge in [-0.15, -0.1) is 23.2 Å². The first kappa shape index (κ1) is 15.1. The summed E-state index contributed by atoms with van der Waals surface area (Å²) in [5, 5.41) is 2.83. The second-order valence-corrected chi connectivity index (χ2v) is 4.75. The van der Waals surface area contributed by atoms with E-state index in [0.29, 0.717) is 17.9 Å². The Hall–Kier alpha value is -0.930. The molecule has 18 heavy (non-hydrogen) atoms. The Morgan fingerprint density at radius 2 is 1.94 bits per heavy atom. The molecule has 0 radical (unpaired) electrons. The largest absolute Gasteiger partial charge is 0.493 e. The predicted octanol–water partition coefficient (Wildman–Crippen LogP) is 3.05. The van der Waals surface area contributed by atoms with Crippen molar-refractivity contribution >= 4 is 29.1 Å². The molecule has 0 saturated carbocycles. The van der Waals surface area contributed by atoms with Gasteiger partial charge in [0.1, 0.15) is 5.75 Å². The number of halogens is 2. The van der Waals surface area contributed by atoms with E-state index in [4.69, 9.17) is 27.9 Å². The molecule has 1 rings (SSSR count). The third-order valence-electron chi connectivity index (χ3n) is 2.44. The topological polar surface area (TPSA) is 38.3 Å². The predicted molar refractivity (Wildman–Crippen MR) is 74.9 cm³/mol. The molecule has 0 atom stereocenters. The Labute approximate surface area is 117 Å². The van der Waals surface area contributed by atoms with Crippen molar-refractivity contribution in [3.63, 3.8) is 0 Å². The number of carbonyl (C=O) groups excluding carboxylic acids is 1. The van der Waals surface area contributed by atoms with Gasteiger partial charge in [0.05, 0.1) is 17.7 Å². The van der Waals surface area contributed by atoms with E-state index >= 15 is 0 Å². The maximum absolute atomic E-state index is 12.2. The van der Waals surface area contributed by atoms with Crippen LogP contribution in [0.1, 0.15) is 24.2 Å². The number of carbonyl (C=O) groups is 1. The minimum atomic E-state index is -0.625. The highest BCUT2D eigenvalue weighted by Gasteiger charge is 2.26. The van der Waals surface area contributed by atoms with Crippen LogP contribution in [0.15, 0.2) is 24.3 Å². The molecule has 0 saturated heterocycles. The number of ether oxygens (including phenoxy) is 1. The minimum Gasteiger partial charge on any atom is -0.493 e. The van der Waals surface area contributed by atoms with E-state index in [1.807, 2.05) is 13.0 Å². The van der Waals surface area contributed by atoms with Gasteiger partial charge in [0.15, 0.2) is 0 Å². The van der Waals surface area contributed by atoms with Gasteiger partial charge in [-0.3, -0.25) is 4.79 Å². The number of hydrogen-bond acceptors (Lipinski definition) is 2. The van der Waals surface area contributed by atoms with Gasteiger partial charge in [-0.1, -0.05) is 12.1 Å². The summed E-state index contributed by atoms with van der Waals surface area (Å²) < 4.78 is 5.41. The summed E-state index contributed by atoms with van der Waals surface area (Å²) >= 11 is 11.6. The first-order chi connectivity index (χ1) is 8.56. The summed E-state index contributed by atoms with van der Waals surface area (Å²) in [5.41, 5.74) is -0.139. The van der Waals surface area contributed by atoms with Gasteiger partial charge in [-0.05, 0) is 26.0 Å². The highest BCUT2D eigenvalue weighted by molar-refractivity contribution is 6.22. The van der Waals surface area contributed by atoms with E-state index in [1.165, 1.54) is 0 Å². The Morgan fingerprint density at radius 1 is 1.33 bits per heavy atom. The molecule has 0 heterocycles. The van der Waals surface area contributed by atoms with Gasteiger partial charge in [-0.25, -0.2) is 0 Å². The summed E-state index contributed by atoms with van der Waals surface area (Å²) in [6, 6.07) is 7.08. The number of hydrogen-bond donors (Lipinski definition) is 1. The fourth-order valence-corrected chi connectivity index (χ4v) is 1.80. The van der Waals surface area contributed by atoms with E-state index in [1.54, 1.807) is 25.1 Å². The normalized spacial score (nSPS) is 11.1. The zero-order valence-electron chi connectivity index (χ0n) is 10.5. The van der Waals surface area contributed by atoms with Crippen molar-refractivity contribution in [2.75, 3.05) is 18.4 Å². The average molecular weight is 290 g/mol. The van der Waals surface area contributed by atoms with Crippen molar-refractivity contribution in [3.05, 3.63) is 29.8 Å². The fourth-order valence-electron chi connectivity index (χ4n) is 1.38. The van der Waals surface area contributed by atoms with Gasteiger partial charge in [-0.2, -0.15) is 0 Å². The second kappa shape index (κ2) is 6.86. The molecule has 100 valence electrons. The van der Waals surface area contributed by atoms with Crippen LogP contribution in [0.3, 0.4) is 0 Å². The summed E-state index contributed by atoms with van der Waals surface area (Å²) in [4.78, 5) is 12.2. The molecule has 3 nitrogen and oxygen atoms in total. The number of benzene rings is 1. The molecule has 0 unspecified atom stereocenters. The lowest BCUT2D eigenvalue weighted by atomic mass is 10.1. The molecule has 0 spiro atoms. The molecule has 1 aromatic rings. The van der Waals surface area contributed by atoms with Crippen LogP contribution < -0.4 is 10.1 Å². The van der Waals surface area contributed by atoms with Gasteiger partial charge >= 0.3 is 0 Å². The highest BCUT2D eigenvalue weighted by atomic mass is 35.5. The molecule has 1 amide bonds. The van der Waals surface area contributed by atoms with Gasteiger partial charge in [0.2, 0.25) is 0 Å². The van der Waals surface area contributed by atoms with Crippen LogP contribution in [-0.4, -0.2) is 29.8 Å². The summed E-state index contributed by atoms with van der Waals surface area (Å²) in [7, 11) is 0. The van der Waals surface area contributed by atoms with Crippen LogP contribution in [0.2, 0.25) is 0 Å². The van der Waals surface area contributed by atoms with Crippen molar-refractivity contribution in [1.82, 2.24) is 5.32 Å². The van der Waals surface area contributed by atoms with E-state index in [0.717, 1.165) is 0 Å². The number of alkyl halides is 2. The molecule has 0 fully saturated rings. The average Bonchev–Trinajstić information content (AvgIpc) is 2.39. The molecule has 0 aromatic heterocycles. The van der Waals surface area contributed by atoms with Crippen LogP contribution in [0.25, 0.3) is 0 Å². The van der Waals surface area contributed by atoms with Crippen molar-refractivity contribution in [2.24, 2.45) is 0 Å². The number of amides is 1. The number of para-hydroxylation sites is 1. The lowest BCUT2D eigenvalue weighted by molar-refractivity contribution is 0.0917. The lowest BCUT2D eigenvalue weighted by Crippen LogP contribution is -2.49. The van der Waals surface area contributed by atoms with E-state index in [9.17, 15) is 4.79 Å². The molecule has 0 bridgehead atoms. The molecule has 0 aliphatic rings. The van der Waals surface area contributed by atoms with Crippen LogP contribution in [0.4, 0.5) is 0 Å². The third kappa shape index (κ3) is 3.79. The fraction of sp³-hybridized carbons (Fsp3) is 0.462. The Morgan fingerprint density at radius 3 is 2.50 bits per heavy atom. The maximum Gasteiger partial charge on any atom is 0.255 e. The number of rotatable bonds is 6. The zero-order valence-corrected chi connectivity index (χ0v) is 12.0. The van der Waals surface area contributed by atoms with E-state index in [-0.39, 0.29) is 17.7 Å². The first-order valence-electron chi connectivity index (χ1n) is 5.72. The molecular formula is C13H17Cl2NO2. The van der Waals surface area contributed by atoms with Crippen molar-refractivity contribution in [1.29, 1.82) is 0 Å². The molecule has 1 aromatic carbocycles. The van der Waals surface area contributed by atoms with Gasteiger partial charge < -0.3 is 10.1 Å². The van der Waals surface area contributed by atoms with Crippen LogP contribution in [-0.2, 0) is 0 Å². The van der Waals surface area contributed by atoms with Crippen LogP contribution >= 0.6 is 23.2 Å². The lowest BCUT2D eigenvalue weighted by Gasteiger charge is -2.26. The highest BCUT2D eigenvalue weighted by Crippen LogP contribution is 2.19. The smallest absolute Gasteiger partial charge is 0.255 e. The molecule has 0 aliphatic heterocycles. The molecule has 5 heteroatoms. The van der Waals surface area contributed by atoms with Crippen LogP contribution in [0, 0.1) is 0 Å². The van der Waals surface area contributed by atoms with Crippen molar-refractivity contribution < 1.29 is 9.53 Å². The van der Waals surface area contributed by atoms with E-state index in [2.05, 4.69) is 5.32 Å². The quantitative estimate of drug-likeness (QED) is 0.818. The summed E-state index contributed by atoms with van der Waals surface area (Å²) in [6.07, 6.45) is 0. The monoisotopic (exact) mass is 289 g/mol. The Balaban J connectivity index is 2.90. The Bertz CT molecular complexity index is 406. The second-order valence-electron chi connectivity index (χ2n) is 4.21.